The minimum absolute atomic E-state index is 0.284. The lowest BCUT2D eigenvalue weighted by molar-refractivity contribution is 0.544. The number of hydrogen-bond acceptors (Lipinski definition) is 3. The smallest absolute Gasteiger partial charge is 0.0389 e. The number of nitrogens with two attached hydrogens (primary N) is 1. The molecule has 2 N–H and O–H groups in total. The Bertz CT molecular complexity index is 363. The maximum absolute atomic E-state index is 6.37. The lowest BCUT2D eigenvalue weighted by atomic mass is 10.0. The van der Waals surface area contributed by atoms with Gasteiger partial charge in [0.25, 0.3) is 0 Å². The minimum Gasteiger partial charge on any atom is -0.323 e. The Hall–Kier alpha value is 0.01000. The number of hydrogen-bond donors (Lipinski definition) is 1. The van der Waals surface area contributed by atoms with Gasteiger partial charge in [-0.3, -0.25) is 0 Å². The van der Waals surface area contributed by atoms with E-state index >= 15 is 0 Å². The summed E-state index contributed by atoms with van der Waals surface area (Å²) in [6.07, 6.45) is 12.0. The van der Waals surface area contributed by atoms with Crippen molar-refractivity contribution in [3.8, 4) is 0 Å². The fourth-order valence-electron chi connectivity index (χ4n) is 2.82. The molecule has 3 heteroatoms. The SMILES string of the molecule is CCCCCCCCCC(N)c1cc2c(s1)CCSC2. The molecule has 0 saturated carbocycles. The van der Waals surface area contributed by atoms with Gasteiger partial charge in [0, 0.05) is 21.5 Å². The van der Waals surface area contributed by atoms with Crippen molar-refractivity contribution in [2.75, 3.05) is 5.75 Å². The minimum atomic E-state index is 0.284. The van der Waals surface area contributed by atoms with Gasteiger partial charge in [-0.25, -0.2) is 0 Å². The van der Waals surface area contributed by atoms with Crippen molar-refractivity contribution in [1.29, 1.82) is 0 Å². The normalized spacial score (nSPS) is 16.1. The van der Waals surface area contributed by atoms with Gasteiger partial charge < -0.3 is 5.73 Å². The largest absolute Gasteiger partial charge is 0.323 e. The van der Waals surface area contributed by atoms with Gasteiger partial charge in [0.2, 0.25) is 0 Å². The van der Waals surface area contributed by atoms with Gasteiger partial charge >= 0.3 is 0 Å². The molecule has 1 nitrogen and oxygen atoms in total. The summed E-state index contributed by atoms with van der Waals surface area (Å²) in [7, 11) is 0. The van der Waals surface area contributed by atoms with Crippen LogP contribution in [-0.2, 0) is 12.2 Å². The molecular weight excluding hydrogens is 282 g/mol. The van der Waals surface area contributed by atoms with Crippen molar-refractivity contribution < 1.29 is 0 Å². The van der Waals surface area contributed by atoms with Crippen molar-refractivity contribution in [2.45, 2.75) is 76.5 Å². The van der Waals surface area contributed by atoms with Gasteiger partial charge in [0.05, 0.1) is 0 Å². The predicted octanol–water partition coefficient (Wildman–Crippen LogP) is 5.68. The maximum atomic E-state index is 6.37. The standard InChI is InChI=1S/C17H29NS2/c1-2-3-4-5-6-7-8-9-15(18)17-12-14-13-19-11-10-16(14)20-17/h12,15H,2-11,13,18H2,1H3. The van der Waals surface area contributed by atoms with Gasteiger partial charge in [-0.15, -0.1) is 11.3 Å². The second-order valence-electron chi connectivity index (χ2n) is 5.92. The zero-order chi connectivity index (χ0) is 14.2. The van der Waals surface area contributed by atoms with Crippen LogP contribution in [0.4, 0.5) is 0 Å². The molecule has 0 amide bonds. The van der Waals surface area contributed by atoms with Crippen LogP contribution in [0.25, 0.3) is 0 Å². The molecule has 0 saturated heterocycles. The summed E-state index contributed by atoms with van der Waals surface area (Å²) in [4.78, 5) is 3.04. The first-order valence-corrected chi connectivity index (χ1v) is 10.2. The van der Waals surface area contributed by atoms with E-state index in [9.17, 15) is 0 Å². The van der Waals surface area contributed by atoms with Crippen LogP contribution in [0.3, 0.4) is 0 Å². The summed E-state index contributed by atoms with van der Waals surface area (Å²) in [6, 6.07) is 2.67. The number of aryl methyl sites for hydroxylation is 1. The van der Waals surface area contributed by atoms with E-state index in [-0.39, 0.29) is 6.04 Å². The molecule has 1 atom stereocenters. The van der Waals surface area contributed by atoms with Crippen molar-refractivity contribution in [1.82, 2.24) is 0 Å². The molecule has 1 aliphatic rings. The molecule has 2 rings (SSSR count). The van der Waals surface area contributed by atoms with Crippen LogP contribution in [0.2, 0.25) is 0 Å². The van der Waals surface area contributed by atoms with E-state index in [1.165, 1.54) is 74.2 Å². The first-order valence-electron chi connectivity index (χ1n) is 8.26. The Morgan fingerprint density at radius 1 is 1.15 bits per heavy atom. The molecule has 1 aromatic heterocycles. The molecule has 114 valence electrons. The summed E-state index contributed by atoms with van der Waals surface area (Å²) >= 11 is 4.04. The number of thiophene rings is 1. The van der Waals surface area contributed by atoms with Gasteiger partial charge in [-0.2, -0.15) is 11.8 Å². The molecule has 0 spiro atoms. The van der Waals surface area contributed by atoms with E-state index in [0.717, 1.165) is 0 Å². The van der Waals surface area contributed by atoms with Gasteiger partial charge in [-0.05, 0) is 30.2 Å². The van der Waals surface area contributed by atoms with Crippen LogP contribution in [0.15, 0.2) is 6.07 Å². The fourth-order valence-corrected chi connectivity index (χ4v) is 5.23. The zero-order valence-electron chi connectivity index (χ0n) is 12.8. The van der Waals surface area contributed by atoms with Crippen LogP contribution in [0, 0.1) is 0 Å². The number of unbranched alkanes of at least 4 members (excludes halogenated alkanes) is 6. The Balaban J connectivity index is 1.64. The lowest BCUT2D eigenvalue weighted by Gasteiger charge is -2.09. The van der Waals surface area contributed by atoms with Crippen molar-refractivity contribution in [3.05, 3.63) is 21.4 Å². The average Bonchev–Trinajstić information content (AvgIpc) is 2.90. The molecule has 0 aromatic carbocycles. The van der Waals surface area contributed by atoms with Gasteiger partial charge in [0.1, 0.15) is 0 Å². The quantitative estimate of drug-likeness (QED) is 0.594. The average molecular weight is 312 g/mol. The molecule has 1 aromatic rings. The molecular formula is C17H29NS2. The van der Waals surface area contributed by atoms with E-state index < -0.39 is 0 Å². The third-order valence-corrected chi connectivity index (χ3v) is 6.51. The lowest BCUT2D eigenvalue weighted by Crippen LogP contribution is -2.08. The number of fused-ring (bicyclic) bond motifs is 1. The van der Waals surface area contributed by atoms with E-state index in [1.54, 1.807) is 10.4 Å². The zero-order valence-corrected chi connectivity index (χ0v) is 14.5. The van der Waals surface area contributed by atoms with Gasteiger partial charge in [-0.1, -0.05) is 51.9 Å². The first-order chi connectivity index (χ1) is 9.81. The van der Waals surface area contributed by atoms with E-state index in [2.05, 4.69) is 24.8 Å². The predicted molar refractivity (Wildman–Crippen MR) is 93.7 cm³/mol. The van der Waals surface area contributed by atoms with Crippen molar-refractivity contribution >= 4 is 23.1 Å². The fraction of sp³-hybridized carbons (Fsp3) is 0.765. The van der Waals surface area contributed by atoms with Crippen molar-refractivity contribution in [2.24, 2.45) is 5.73 Å². The monoisotopic (exact) mass is 311 g/mol. The molecule has 0 aliphatic carbocycles. The molecule has 1 aliphatic heterocycles. The molecule has 0 fully saturated rings. The topological polar surface area (TPSA) is 26.0 Å². The highest BCUT2D eigenvalue weighted by Crippen LogP contribution is 2.35. The second kappa shape index (κ2) is 9.11. The van der Waals surface area contributed by atoms with Crippen LogP contribution in [0.5, 0.6) is 0 Å². The molecule has 0 radical (unpaired) electrons. The summed E-state index contributed by atoms with van der Waals surface area (Å²) in [5.74, 6) is 2.50. The first kappa shape index (κ1) is 16.4. The Labute approximate surface area is 132 Å². The van der Waals surface area contributed by atoms with Gasteiger partial charge in [0.15, 0.2) is 0 Å². The van der Waals surface area contributed by atoms with Crippen LogP contribution in [0.1, 0.15) is 79.6 Å². The second-order valence-corrected chi connectivity index (χ2v) is 8.19. The molecule has 0 bridgehead atoms. The highest BCUT2D eigenvalue weighted by atomic mass is 32.2. The number of thioether (sulfide) groups is 1. The highest BCUT2D eigenvalue weighted by molar-refractivity contribution is 7.98. The third kappa shape index (κ3) is 5.09. The van der Waals surface area contributed by atoms with Crippen LogP contribution >= 0.6 is 23.1 Å². The maximum Gasteiger partial charge on any atom is 0.0389 e. The summed E-state index contributed by atoms with van der Waals surface area (Å²) in [5, 5.41) is 0. The van der Waals surface area contributed by atoms with E-state index in [0.29, 0.717) is 0 Å². The molecule has 20 heavy (non-hydrogen) atoms. The van der Waals surface area contributed by atoms with Crippen LogP contribution < -0.4 is 5.73 Å². The third-order valence-electron chi connectivity index (χ3n) is 4.13. The molecule has 1 unspecified atom stereocenters. The summed E-state index contributed by atoms with van der Waals surface area (Å²) in [6.45, 7) is 2.28. The molecule has 2 heterocycles. The number of rotatable bonds is 9. The summed E-state index contributed by atoms with van der Waals surface area (Å²) in [5.41, 5.74) is 7.94. The van der Waals surface area contributed by atoms with E-state index in [1.807, 2.05) is 11.3 Å². The van der Waals surface area contributed by atoms with Crippen LogP contribution in [-0.4, -0.2) is 5.75 Å². The van der Waals surface area contributed by atoms with E-state index in [4.69, 9.17) is 5.73 Å². The Morgan fingerprint density at radius 2 is 1.90 bits per heavy atom. The Kier molecular flexibility index (Phi) is 7.47. The van der Waals surface area contributed by atoms with Crippen molar-refractivity contribution in [3.63, 3.8) is 0 Å². The Morgan fingerprint density at radius 3 is 2.65 bits per heavy atom. The summed E-state index contributed by atoms with van der Waals surface area (Å²) < 4.78 is 0. The highest BCUT2D eigenvalue weighted by Gasteiger charge is 2.16.